The third kappa shape index (κ3) is 4.65. The zero-order valence-electron chi connectivity index (χ0n) is 20.0. The summed E-state index contributed by atoms with van der Waals surface area (Å²) in [5, 5.41) is 4.52. The molecule has 2 aromatic heterocycles. The third-order valence-corrected chi connectivity index (χ3v) is 7.39. The maximum atomic E-state index is 13.0. The molecule has 0 fully saturated rings. The summed E-state index contributed by atoms with van der Waals surface area (Å²) in [6.45, 7) is 11.5. The molecule has 34 heavy (non-hydrogen) atoms. The van der Waals surface area contributed by atoms with Gasteiger partial charge in [0.05, 0.1) is 10.6 Å². The summed E-state index contributed by atoms with van der Waals surface area (Å²) in [6, 6.07) is 12.1. The summed E-state index contributed by atoms with van der Waals surface area (Å²) >= 11 is 0. The lowest BCUT2D eigenvalue weighted by Gasteiger charge is -2.14. The van der Waals surface area contributed by atoms with E-state index in [4.69, 9.17) is 4.74 Å². The zero-order valence-corrected chi connectivity index (χ0v) is 20.9. The van der Waals surface area contributed by atoms with Crippen LogP contribution in [0.25, 0.3) is 5.82 Å². The molecule has 2 aromatic carbocycles. The Balaban J connectivity index is 1.52. The number of nitrogens with one attached hydrogen (secondary N) is 1. The van der Waals surface area contributed by atoms with Crippen molar-refractivity contribution in [2.75, 3.05) is 4.72 Å². The second-order valence-electron chi connectivity index (χ2n) is 8.38. The molecule has 0 bridgehead atoms. The SMILES string of the molecule is Cc1cc(C)c(S(=O)(=O)Nc2ccc(Oc3cc(-n4nc(C)c(C)c4C)ncn3)cc2)c(C)c1. The Bertz CT molecular complexity index is 1450. The molecule has 0 unspecified atom stereocenters. The van der Waals surface area contributed by atoms with Gasteiger partial charge in [0.2, 0.25) is 5.88 Å². The molecular weight excluding hydrogens is 450 g/mol. The van der Waals surface area contributed by atoms with Crippen LogP contribution in [0, 0.1) is 41.5 Å². The highest BCUT2D eigenvalue weighted by molar-refractivity contribution is 7.92. The van der Waals surface area contributed by atoms with Gasteiger partial charge in [0.15, 0.2) is 5.82 Å². The first-order chi connectivity index (χ1) is 16.0. The van der Waals surface area contributed by atoms with Crippen LogP contribution in [0.4, 0.5) is 5.69 Å². The van der Waals surface area contributed by atoms with Crippen molar-refractivity contribution in [2.45, 2.75) is 46.4 Å². The Kier molecular flexibility index (Phi) is 6.14. The molecule has 0 aliphatic heterocycles. The molecule has 0 spiro atoms. The predicted octanol–water partition coefficient (Wildman–Crippen LogP) is 5.11. The molecule has 8 nitrogen and oxygen atoms in total. The minimum Gasteiger partial charge on any atom is -0.439 e. The number of anilines is 1. The number of ether oxygens (including phenoxy) is 1. The van der Waals surface area contributed by atoms with Crippen LogP contribution in [0.1, 0.15) is 33.6 Å². The highest BCUT2D eigenvalue weighted by Crippen LogP contribution is 2.27. The molecule has 0 atom stereocenters. The standard InChI is InChI=1S/C25H27N5O3S/c1-15-11-16(2)25(17(3)12-15)34(31,32)29-21-7-9-22(10-8-21)33-24-13-23(26-14-27-24)30-20(6)18(4)19(5)28-30/h7-14,29H,1-6H3. The predicted molar refractivity (Wildman–Crippen MR) is 131 cm³/mol. The third-order valence-electron chi connectivity index (χ3n) is 5.70. The number of hydrogen-bond acceptors (Lipinski definition) is 6. The highest BCUT2D eigenvalue weighted by atomic mass is 32.2. The van der Waals surface area contributed by atoms with Crippen molar-refractivity contribution in [3.63, 3.8) is 0 Å². The van der Waals surface area contributed by atoms with Crippen LogP contribution in [-0.2, 0) is 10.0 Å². The van der Waals surface area contributed by atoms with E-state index in [1.54, 1.807) is 48.9 Å². The zero-order chi connectivity index (χ0) is 24.6. The second kappa shape index (κ2) is 8.90. The summed E-state index contributed by atoms with van der Waals surface area (Å²) in [7, 11) is -3.73. The molecule has 1 N–H and O–H groups in total. The van der Waals surface area contributed by atoms with Gasteiger partial charge in [-0.1, -0.05) is 17.7 Å². The second-order valence-corrected chi connectivity index (χ2v) is 10.0. The largest absolute Gasteiger partial charge is 0.439 e. The van der Waals surface area contributed by atoms with Gasteiger partial charge in [0.1, 0.15) is 12.1 Å². The van der Waals surface area contributed by atoms with E-state index in [-0.39, 0.29) is 0 Å². The van der Waals surface area contributed by atoms with E-state index < -0.39 is 10.0 Å². The van der Waals surface area contributed by atoms with E-state index in [1.165, 1.54) is 6.33 Å². The van der Waals surface area contributed by atoms with Crippen LogP contribution in [0.2, 0.25) is 0 Å². The quantitative estimate of drug-likeness (QED) is 0.414. The van der Waals surface area contributed by atoms with Gasteiger partial charge >= 0.3 is 0 Å². The molecule has 9 heteroatoms. The van der Waals surface area contributed by atoms with Crippen LogP contribution >= 0.6 is 0 Å². The fourth-order valence-corrected chi connectivity index (χ4v) is 5.47. The van der Waals surface area contributed by atoms with Gasteiger partial charge in [-0.2, -0.15) is 5.10 Å². The maximum absolute atomic E-state index is 13.0. The Morgan fingerprint density at radius 2 is 1.53 bits per heavy atom. The topological polar surface area (TPSA) is 99.0 Å². The summed E-state index contributed by atoms with van der Waals surface area (Å²) in [6.07, 6.45) is 1.42. The molecule has 4 aromatic rings. The van der Waals surface area contributed by atoms with Crippen LogP contribution < -0.4 is 9.46 Å². The first-order valence-corrected chi connectivity index (χ1v) is 12.3. The number of aryl methyl sites for hydroxylation is 4. The van der Waals surface area contributed by atoms with E-state index >= 15 is 0 Å². The normalized spacial score (nSPS) is 11.5. The number of aromatic nitrogens is 4. The van der Waals surface area contributed by atoms with Crippen LogP contribution in [0.5, 0.6) is 11.6 Å². The van der Waals surface area contributed by atoms with Crippen molar-refractivity contribution >= 4 is 15.7 Å². The Morgan fingerprint density at radius 1 is 0.882 bits per heavy atom. The van der Waals surface area contributed by atoms with Gasteiger partial charge in [-0.25, -0.2) is 23.1 Å². The summed E-state index contributed by atoms with van der Waals surface area (Å²) in [4.78, 5) is 8.78. The highest BCUT2D eigenvalue weighted by Gasteiger charge is 2.20. The molecule has 0 aliphatic rings. The van der Waals surface area contributed by atoms with Crippen LogP contribution in [-0.4, -0.2) is 28.2 Å². The van der Waals surface area contributed by atoms with Gasteiger partial charge in [0.25, 0.3) is 10.0 Å². The minimum atomic E-state index is -3.73. The van der Waals surface area contributed by atoms with Crippen molar-refractivity contribution < 1.29 is 13.2 Å². The van der Waals surface area contributed by atoms with Gasteiger partial charge in [-0.15, -0.1) is 0 Å². The van der Waals surface area contributed by atoms with E-state index in [0.29, 0.717) is 39.2 Å². The Labute approximate surface area is 199 Å². The number of hydrogen-bond donors (Lipinski definition) is 1. The molecule has 0 aliphatic carbocycles. The minimum absolute atomic E-state index is 0.298. The van der Waals surface area contributed by atoms with E-state index in [1.807, 2.05) is 39.8 Å². The summed E-state index contributed by atoms with van der Waals surface area (Å²) in [5.41, 5.74) is 5.93. The fraction of sp³-hybridized carbons (Fsp3) is 0.240. The van der Waals surface area contributed by atoms with Gasteiger partial charge < -0.3 is 4.74 Å². The summed E-state index contributed by atoms with van der Waals surface area (Å²) in [5.74, 6) is 1.47. The Hall–Kier alpha value is -3.72. The van der Waals surface area contributed by atoms with Crippen molar-refractivity contribution in [3.8, 4) is 17.4 Å². The smallest absolute Gasteiger partial charge is 0.262 e. The molecule has 0 saturated carbocycles. The molecule has 176 valence electrons. The first kappa shape index (κ1) is 23.4. The number of sulfonamides is 1. The molecule has 0 radical (unpaired) electrons. The Morgan fingerprint density at radius 3 is 2.12 bits per heavy atom. The van der Waals surface area contributed by atoms with Crippen LogP contribution in [0.3, 0.4) is 0 Å². The van der Waals surface area contributed by atoms with Crippen molar-refractivity contribution in [2.24, 2.45) is 0 Å². The number of benzene rings is 2. The molecule has 4 rings (SSSR count). The van der Waals surface area contributed by atoms with E-state index in [2.05, 4.69) is 19.8 Å². The monoisotopic (exact) mass is 477 g/mol. The van der Waals surface area contributed by atoms with E-state index in [0.717, 1.165) is 22.5 Å². The maximum Gasteiger partial charge on any atom is 0.262 e. The van der Waals surface area contributed by atoms with Crippen molar-refractivity contribution in [1.82, 2.24) is 19.7 Å². The first-order valence-electron chi connectivity index (χ1n) is 10.8. The molecule has 0 saturated heterocycles. The molecule has 2 heterocycles. The fourth-order valence-electron chi connectivity index (χ4n) is 3.95. The number of nitrogens with zero attached hydrogens (tertiary/aromatic N) is 4. The lowest BCUT2D eigenvalue weighted by atomic mass is 10.1. The van der Waals surface area contributed by atoms with Gasteiger partial charge in [-0.05, 0) is 82.5 Å². The lowest BCUT2D eigenvalue weighted by molar-refractivity contribution is 0.460. The van der Waals surface area contributed by atoms with Crippen LogP contribution in [0.15, 0.2) is 53.7 Å². The van der Waals surface area contributed by atoms with Crippen molar-refractivity contribution in [3.05, 3.63) is 82.4 Å². The summed E-state index contributed by atoms with van der Waals surface area (Å²) < 4.78 is 36.3. The van der Waals surface area contributed by atoms with E-state index in [9.17, 15) is 8.42 Å². The average molecular weight is 478 g/mol. The lowest BCUT2D eigenvalue weighted by Crippen LogP contribution is -2.15. The van der Waals surface area contributed by atoms with Gasteiger partial charge in [0, 0.05) is 17.4 Å². The van der Waals surface area contributed by atoms with Gasteiger partial charge in [-0.3, -0.25) is 4.72 Å². The average Bonchev–Trinajstić information content (AvgIpc) is 3.01. The van der Waals surface area contributed by atoms with Crippen molar-refractivity contribution in [1.29, 1.82) is 0 Å². The molecular formula is C25H27N5O3S. The number of rotatable bonds is 6. The molecule has 0 amide bonds.